The Bertz CT molecular complexity index is 3120. The lowest BCUT2D eigenvalue weighted by Gasteiger charge is -2.12. The summed E-state index contributed by atoms with van der Waals surface area (Å²) in [5, 5.41) is 12.7. The van der Waals surface area contributed by atoms with Crippen molar-refractivity contribution in [2.75, 3.05) is 0 Å². The SMILES string of the molecule is c1ccc(-c2nc(-c3ccc(-n4c5cccc6c7ccccc7c7c8ccccc8cc4c7c65)cc3)nc(-c3ccc4ccccc4c3)n2)cc1. The molecule has 4 nitrogen and oxygen atoms in total. The molecule has 0 aliphatic rings. The van der Waals surface area contributed by atoms with Crippen molar-refractivity contribution in [3.8, 4) is 39.9 Å². The van der Waals surface area contributed by atoms with E-state index in [1.807, 2.05) is 30.3 Å². The summed E-state index contributed by atoms with van der Waals surface area (Å²) in [6.07, 6.45) is 0. The minimum Gasteiger partial charge on any atom is -0.309 e. The number of nitrogens with zero attached hydrogens (tertiary/aromatic N) is 4. The molecule has 11 rings (SSSR count). The molecule has 0 aliphatic carbocycles. The van der Waals surface area contributed by atoms with E-state index in [-0.39, 0.29) is 0 Å². The largest absolute Gasteiger partial charge is 0.309 e. The van der Waals surface area contributed by atoms with Gasteiger partial charge < -0.3 is 4.57 Å². The van der Waals surface area contributed by atoms with Gasteiger partial charge >= 0.3 is 0 Å². The summed E-state index contributed by atoms with van der Waals surface area (Å²) < 4.78 is 2.42. The number of fused-ring (bicyclic) bond motifs is 6. The van der Waals surface area contributed by atoms with E-state index in [0.717, 1.165) is 27.8 Å². The Hall–Kier alpha value is -6.91. The average Bonchev–Trinajstić information content (AvgIpc) is 3.54. The standard InChI is InChI=1S/C47H28N4/c1-2-12-30(13-3-1)45-48-46(50-47(49-45)34-22-21-29-11-4-5-14-32(29)27-34)31-23-25-35(26-24-31)51-40-20-10-19-39-37-17-8-9-18-38(37)42-36-16-7-6-15-33(36)28-41(51)44(42)43(39)40/h1-28H. The molecule has 51 heavy (non-hydrogen) atoms. The molecule has 0 unspecified atom stereocenters. The molecule has 0 aliphatic heterocycles. The van der Waals surface area contributed by atoms with Gasteiger partial charge in [-0.15, -0.1) is 0 Å². The van der Waals surface area contributed by atoms with Gasteiger partial charge in [0.05, 0.1) is 11.0 Å². The van der Waals surface area contributed by atoms with Crippen LogP contribution >= 0.6 is 0 Å². The van der Waals surface area contributed by atoms with Crippen LogP contribution in [-0.4, -0.2) is 19.5 Å². The molecule has 0 atom stereocenters. The molecule has 9 aromatic carbocycles. The summed E-state index contributed by atoms with van der Waals surface area (Å²) in [5.41, 5.74) is 6.35. The summed E-state index contributed by atoms with van der Waals surface area (Å²) in [6.45, 7) is 0. The van der Waals surface area contributed by atoms with Gasteiger partial charge in [-0.2, -0.15) is 0 Å². The van der Waals surface area contributed by atoms with E-state index >= 15 is 0 Å². The fourth-order valence-electron chi connectivity index (χ4n) is 8.04. The Morgan fingerprint density at radius 1 is 0.314 bits per heavy atom. The fourth-order valence-corrected chi connectivity index (χ4v) is 8.04. The van der Waals surface area contributed by atoms with Gasteiger partial charge in [0.1, 0.15) is 0 Å². The first-order chi connectivity index (χ1) is 25.3. The van der Waals surface area contributed by atoms with E-state index in [9.17, 15) is 0 Å². The van der Waals surface area contributed by atoms with Crippen LogP contribution in [-0.2, 0) is 0 Å². The van der Waals surface area contributed by atoms with Gasteiger partial charge in [-0.1, -0.05) is 127 Å². The van der Waals surface area contributed by atoms with Gasteiger partial charge in [-0.05, 0) is 80.2 Å². The van der Waals surface area contributed by atoms with Crippen LogP contribution in [0.4, 0.5) is 0 Å². The van der Waals surface area contributed by atoms with Crippen LogP contribution in [0.2, 0.25) is 0 Å². The van der Waals surface area contributed by atoms with Crippen LogP contribution < -0.4 is 0 Å². The number of rotatable bonds is 4. The predicted octanol–water partition coefficient (Wildman–Crippen LogP) is 12.0. The van der Waals surface area contributed by atoms with Crippen molar-refractivity contribution in [1.82, 2.24) is 19.5 Å². The molecule has 11 aromatic rings. The lowest BCUT2D eigenvalue weighted by atomic mass is 9.91. The molecule has 0 spiro atoms. The Kier molecular flexibility index (Phi) is 5.92. The maximum Gasteiger partial charge on any atom is 0.164 e. The molecule has 0 amide bonds. The molecule has 0 saturated carbocycles. The van der Waals surface area contributed by atoms with Crippen molar-refractivity contribution in [1.29, 1.82) is 0 Å². The van der Waals surface area contributed by atoms with Crippen molar-refractivity contribution in [2.24, 2.45) is 0 Å². The third kappa shape index (κ3) is 4.23. The second-order valence-corrected chi connectivity index (χ2v) is 13.2. The van der Waals surface area contributed by atoms with E-state index in [1.54, 1.807) is 0 Å². The Morgan fingerprint density at radius 3 is 1.67 bits per heavy atom. The normalized spacial score (nSPS) is 11.9. The van der Waals surface area contributed by atoms with Crippen molar-refractivity contribution >= 4 is 64.9 Å². The monoisotopic (exact) mass is 648 g/mol. The smallest absolute Gasteiger partial charge is 0.164 e. The third-order valence-corrected chi connectivity index (χ3v) is 10.3. The Labute approximate surface area is 293 Å². The van der Waals surface area contributed by atoms with Gasteiger partial charge in [-0.3, -0.25) is 0 Å². The molecule has 2 heterocycles. The Balaban J connectivity index is 1.12. The number of aromatic nitrogens is 4. The second-order valence-electron chi connectivity index (χ2n) is 13.2. The molecular formula is C47H28N4. The topological polar surface area (TPSA) is 43.6 Å². The highest BCUT2D eigenvalue weighted by molar-refractivity contribution is 6.39. The van der Waals surface area contributed by atoms with E-state index in [0.29, 0.717) is 17.5 Å². The first-order valence-electron chi connectivity index (χ1n) is 17.3. The molecule has 0 radical (unpaired) electrons. The summed E-state index contributed by atoms with van der Waals surface area (Å²) in [6, 6.07) is 60.3. The molecular weight excluding hydrogens is 621 g/mol. The first kappa shape index (κ1) is 28.0. The Morgan fingerprint density at radius 2 is 0.882 bits per heavy atom. The van der Waals surface area contributed by atoms with Crippen LogP contribution in [0.1, 0.15) is 0 Å². The lowest BCUT2D eigenvalue weighted by molar-refractivity contribution is 1.07. The van der Waals surface area contributed by atoms with Crippen molar-refractivity contribution in [2.45, 2.75) is 0 Å². The maximum atomic E-state index is 5.06. The highest BCUT2D eigenvalue weighted by Gasteiger charge is 2.22. The third-order valence-electron chi connectivity index (χ3n) is 10.3. The predicted molar refractivity (Wildman–Crippen MR) is 212 cm³/mol. The fraction of sp³-hybridized carbons (Fsp3) is 0. The molecule has 236 valence electrons. The van der Waals surface area contributed by atoms with Gasteiger partial charge in [0.15, 0.2) is 17.5 Å². The van der Waals surface area contributed by atoms with Crippen molar-refractivity contribution in [3.63, 3.8) is 0 Å². The van der Waals surface area contributed by atoms with E-state index < -0.39 is 0 Å². The van der Waals surface area contributed by atoms with Crippen LogP contribution in [0.5, 0.6) is 0 Å². The molecule has 0 bridgehead atoms. The first-order valence-corrected chi connectivity index (χ1v) is 17.3. The summed E-state index contributed by atoms with van der Waals surface area (Å²) >= 11 is 0. The molecule has 0 fully saturated rings. The van der Waals surface area contributed by atoms with Gasteiger partial charge in [0.25, 0.3) is 0 Å². The summed E-state index contributed by atoms with van der Waals surface area (Å²) in [5.74, 6) is 1.95. The average molecular weight is 649 g/mol. The minimum absolute atomic E-state index is 0.643. The number of benzene rings is 9. The zero-order valence-electron chi connectivity index (χ0n) is 27.5. The zero-order valence-corrected chi connectivity index (χ0v) is 27.5. The second kappa shape index (κ2) is 10.8. The molecule has 2 aromatic heterocycles. The van der Waals surface area contributed by atoms with Crippen LogP contribution in [0.25, 0.3) is 105 Å². The molecule has 4 heteroatoms. The zero-order chi connectivity index (χ0) is 33.5. The van der Waals surface area contributed by atoms with E-state index in [1.165, 1.54) is 59.5 Å². The number of hydrogen-bond acceptors (Lipinski definition) is 3. The van der Waals surface area contributed by atoms with E-state index in [4.69, 9.17) is 15.0 Å². The highest BCUT2D eigenvalue weighted by Crippen LogP contribution is 2.46. The summed E-state index contributed by atoms with van der Waals surface area (Å²) in [4.78, 5) is 15.0. The van der Waals surface area contributed by atoms with Crippen LogP contribution in [0.3, 0.4) is 0 Å². The van der Waals surface area contributed by atoms with E-state index in [2.05, 4.69) is 144 Å². The highest BCUT2D eigenvalue weighted by atomic mass is 15.0. The van der Waals surface area contributed by atoms with Gasteiger partial charge in [0.2, 0.25) is 0 Å². The molecule has 0 saturated heterocycles. The van der Waals surface area contributed by atoms with Crippen molar-refractivity contribution in [3.05, 3.63) is 170 Å². The van der Waals surface area contributed by atoms with Crippen LogP contribution in [0.15, 0.2) is 170 Å². The maximum absolute atomic E-state index is 5.06. The molecule has 0 N–H and O–H groups in total. The van der Waals surface area contributed by atoms with Gasteiger partial charge in [0, 0.05) is 38.5 Å². The lowest BCUT2D eigenvalue weighted by Crippen LogP contribution is -2.00. The minimum atomic E-state index is 0.643. The van der Waals surface area contributed by atoms with Crippen LogP contribution in [0, 0.1) is 0 Å². The number of hydrogen-bond donors (Lipinski definition) is 0. The quantitative estimate of drug-likeness (QED) is 0.178. The summed E-state index contributed by atoms with van der Waals surface area (Å²) in [7, 11) is 0. The van der Waals surface area contributed by atoms with Crippen molar-refractivity contribution < 1.29 is 0 Å². The van der Waals surface area contributed by atoms with Gasteiger partial charge in [-0.25, -0.2) is 15.0 Å².